The van der Waals surface area contributed by atoms with Crippen molar-refractivity contribution < 1.29 is 14.1 Å². The molecule has 19 heavy (non-hydrogen) atoms. The number of nitrogens with zero attached hydrogens (tertiary/aromatic N) is 2. The summed E-state index contributed by atoms with van der Waals surface area (Å²) in [4.78, 5) is 11.8. The van der Waals surface area contributed by atoms with E-state index in [0.717, 1.165) is 0 Å². The third kappa shape index (κ3) is 2.93. The summed E-state index contributed by atoms with van der Waals surface area (Å²) >= 11 is 0. The van der Waals surface area contributed by atoms with E-state index in [1.54, 1.807) is 12.1 Å². The van der Waals surface area contributed by atoms with Crippen LogP contribution >= 0.6 is 0 Å². The highest BCUT2D eigenvalue weighted by Gasteiger charge is 2.50. The molecule has 0 saturated carbocycles. The smallest absolute Gasteiger partial charge is 0.402 e. The molecule has 1 aromatic rings. The monoisotopic (exact) mass is 263 g/mol. The van der Waals surface area contributed by atoms with Gasteiger partial charge >= 0.3 is 7.12 Å². The van der Waals surface area contributed by atoms with Crippen molar-refractivity contribution in [3.63, 3.8) is 0 Å². The quantitative estimate of drug-likeness (QED) is 0.818. The van der Waals surface area contributed by atoms with E-state index >= 15 is 0 Å². The first-order chi connectivity index (χ1) is 8.82. The SMILES string of the molecule is CC1(C)OB(CNC(=O)c2cccnn2)OC1(C)C. The molecule has 0 spiro atoms. The molecule has 1 fully saturated rings. The van der Waals surface area contributed by atoms with E-state index in [1.807, 2.05) is 27.7 Å². The van der Waals surface area contributed by atoms with Crippen LogP contribution in [0.15, 0.2) is 18.3 Å². The molecule has 1 amide bonds. The van der Waals surface area contributed by atoms with Crippen LogP contribution in [-0.2, 0) is 9.31 Å². The lowest BCUT2D eigenvalue weighted by Gasteiger charge is -2.32. The van der Waals surface area contributed by atoms with Gasteiger partial charge in [-0.25, -0.2) is 0 Å². The first kappa shape index (κ1) is 14.0. The van der Waals surface area contributed by atoms with Gasteiger partial charge in [0.15, 0.2) is 5.69 Å². The summed E-state index contributed by atoms with van der Waals surface area (Å²) in [6.07, 6.45) is 1.80. The van der Waals surface area contributed by atoms with Crippen LogP contribution in [-0.4, -0.2) is 40.9 Å². The standard InChI is InChI=1S/C12H18BN3O3/c1-11(2)12(3,4)19-13(18-11)8-14-10(17)9-6-5-7-15-16-9/h5-7H,8H2,1-4H3,(H,14,17). The molecule has 1 N–H and O–H groups in total. The maximum atomic E-state index is 11.8. The number of hydrogen-bond acceptors (Lipinski definition) is 5. The number of nitrogens with one attached hydrogen (secondary N) is 1. The average Bonchev–Trinajstić information content (AvgIpc) is 2.56. The Morgan fingerprint density at radius 3 is 2.47 bits per heavy atom. The second-order valence-electron chi connectivity index (χ2n) is 5.50. The van der Waals surface area contributed by atoms with E-state index in [-0.39, 0.29) is 18.0 Å². The van der Waals surface area contributed by atoms with Crippen LogP contribution in [0.3, 0.4) is 0 Å². The Kier molecular flexibility index (Phi) is 3.60. The Balaban J connectivity index is 1.90. The van der Waals surface area contributed by atoms with Crippen molar-refractivity contribution in [2.45, 2.75) is 38.9 Å². The lowest BCUT2D eigenvalue weighted by Crippen LogP contribution is -2.41. The summed E-state index contributed by atoms with van der Waals surface area (Å²) in [5.41, 5.74) is -0.511. The molecule has 7 heteroatoms. The first-order valence-corrected chi connectivity index (χ1v) is 6.23. The fourth-order valence-electron chi connectivity index (χ4n) is 1.74. The topological polar surface area (TPSA) is 73.3 Å². The van der Waals surface area contributed by atoms with E-state index < -0.39 is 18.3 Å². The van der Waals surface area contributed by atoms with E-state index in [9.17, 15) is 4.79 Å². The van der Waals surface area contributed by atoms with Gasteiger partial charge in [0.05, 0.1) is 17.6 Å². The molecule has 0 atom stereocenters. The number of carbonyl (C=O) groups is 1. The molecule has 1 aliphatic heterocycles. The van der Waals surface area contributed by atoms with Crippen LogP contribution in [0, 0.1) is 0 Å². The molecule has 0 aromatic carbocycles. The Hall–Kier alpha value is -1.47. The summed E-state index contributed by atoms with van der Waals surface area (Å²) in [5, 5.41) is 10.1. The van der Waals surface area contributed by atoms with Crippen LogP contribution in [0.4, 0.5) is 0 Å². The van der Waals surface area contributed by atoms with Gasteiger partial charge in [-0.1, -0.05) is 0 Å². The Morgan fingerprint density at radius 2 is 1.95 bits per heavy atom. The fraction of sp³-hybridized carbons (Fsp3) is 0.583. The molecule has 6 nitrogen and oxygen atoms in total. The molecule has 0 aliphatic carbocycles. The van der Waals surface area contributed by atoms with Gasteiger partial charge in [-0.2, -0.15) is 5.10 Å². The number of carbonyl (C=O) groups excluding carboxylic acids is 1. The minimum Gasteiger partial charge on any atom is -0.402 e. The Morgan fingerprint density at radius 1 is 1.32 bits per heavy atom. The molecule has 1 aliphatic rings. The highest BCUT2D eigenvalue weighted by Crippen LogP contribution is 2.36. The van der Waals surface area contributed by atoms with E-state index in [0.29, 0.717) is 0 Å². The maximum Gasteiger partial charge on any atom is 0.478 e. The predicted octanol–water partition coefficient (Wildman–Crippen LogP) is 0.838. The summed E-state index contributed by atoms with van der Waals surface area (Å²) in [6, 6.07) is 3.27. The zero-order chi connectivity index (χ0) is 14.1. The van der Waals surface area contributed by atoms with Crippen molar-refractivity contribution >= 4 is 13.0 Å². The molecule has 2 heterocycles. The fourth-order valence-corrected chi connectivity index (χ4v) is 1.74. The molecular formula is C12H18BN3O3. The van der Waals surface area contributed by atoms with Crippen molar-refractivity contribution in [1.82, 2.24) is 15.5 Å². The number of aromatic nitrogens is 2. The van der Waals surface area contributed by atoms with Gasteiger partial charge in [0.1, 0.15) is 0 Å². The van der Waals surface area contributed by atoms with Gasteiger partial charge in [0.25, 0.3) is 5.91 Å². The highest BCUT2D eigenvalue weighted by atomic mass is 16.7. The van der Waals surface area contributed by atoms with Crippen molar-refractivity contribution in [1.29, 1.82) is 0 Å². The minimum atomic E-state index is -0.453. The lowest BCUT2D eigenvalue weighted by molar-refractivity contribution is 0.00578. The Labute approximate surface area is 113 Å². The molecule has 0 unspecified atom stereocenters. The summed E-state index contributed by atoms with van der Waals surface area (Å²) < 4.78 is 11.6. The van der Waals surface area contributed by atoms with E-state index in [1.165, 1.54) is 6.20 Å². The molecule has 1 aromatic heterocycles. The third-order valence-electron chi connectivity index (χ3n) is 3.54. The molecule has 2 rings (SSSR count). The molecule has 0 radical (unpaired) electrons. The van der Waals surface area contributed by atoms with Crippen LogP contribution in [0.25, 0.3) is 0 Å². The summed E-state index contributed by atoms with van der Waals surface area (Å²) in [7, 11) is -0.453. The van der Waals surface area contributed by atoms with Crippen molar-refractivity contribution in [3.05, 3.63) is 24.0 Å². The van der Waals surface area contributed by atoms with Crippen LogP contribution in [0.2, 0.25) is 0 Å². The zero-order valence-corrected chi connectivity index (χ0v) is 11.6. The van der Waals surface area contributed by atoms with Gasteiger partial charge in [-0.15, -0.1) is 5.10 Å². The largest absolute Gasteiger partial charge is 0.478 e. The summed E-state index contributed by atoms with van der Waals surface area (Å²) in [5.74, 6) is -0.289. The number of amides is 1. The van der Waals surface area contributed by atoms with Crippen molar-refractivity contribution in [3.8, 4) is 0 Å². The van der Waals surface area contributed by atoms with Gasteiger partial charge in [-0.05, 0) is 39.8 Å². The van der Waals surface area contributed by atoms with Gasteiger partial charge in [-0.3, -0.25) is 4.79 Å². The minimum absolute atomic E-state index is 0.277. The normalized spacial score (nSPS) is 20.3. The van der Waals surface area contributed by atoms with E-state index in [2.05, 4.69) is 15.5 Å². The van der Waals surface area contributed by atoms with Gasteiger partial charge in [0, 0.05) is 6.20 Å². The van der Waals surface area contributed by atoms with Crippen LogP contribution in [0.5, 0.6) is 0 Å². The molecule has 102 valence electrons. The van der Waals surface area contributed by atoms with Gasteiger partial charge in [0.2, 0.25) is 0 Å². The maximum absolute atomic E-state index is 11.8. The lowest BCUT2D eigenvalue weighted by atomic mass is 9.90. The predicted molar refractivity (Wildman–Crippen MR) is 70.4 cm³/mol. The van der Waals surface area contributed by atoms with Crippen LogP contribution in [0.1, 0.15) is 38.2 Å². The first-order valence-electron chi connectivity index (χ1n) is 6.23. The molecule has 1 saturated heterocycles. The summed E-state index contributed by atoms with van der Waals surface area (Å²) in [6.45, 7) is 7.88. The average molecular weight is 263 g/mol. The van der Waals surface area contributed by atoms with Gasteiger partial charge < -0.3 is 14.6 Å². The Bertz CT molecular complexity index is 449. The molecular weight excluding hydrogens is 245 g/mol. The third-order valence-corrected chi connectivity index (χ3v) is 3.54. The van der Waals surface area contributed by atoms with Crippen molar-refractivity contribution in [2.75, 3.05) is 6.44 Å². The van der Waals surface area contributed by atoms with Crippen LogP contribution < -0.4 is 5.32 Å². The number of rotatable bonds is 3. The second kappa shape index (κ2) is 4.90. The highest BCUT2D eigenvalue weighted by molar-refractivity contribution is 6.46. The van der Waals surface area contributed by atoms with E-state index in [4.69, 9.17) is 9.31 Å². The molecule has 0 bridgehead atoms. The second-order valence-corrected chi connectivity index (χ2v) is 5.50. The number of hydrogen-bond donors (Lipinski definition) is 1. The zero-order valence-electron chi connectivity index (χ0n) is 11.6. The van der Waals surface area contributed by atoms with Crippen molar-refractivity contribution in [2.24, 2.45) is 0 Å².